The van der Waals surface area contributed by atoms with Crippen molar-refractivity contribution in [3.8, 4) is 12.1 Å². The molecule has 0 spiro atoms. The molecule has 0 fully saturated rings. The van der Waals surface area contributed by atoms with Gasteiger partial charge < -0.3 is 15.4 Å². The Morgan fingerprint density at radius 1 is 1.10 bits per heavy atom. The predicted octanol–water partition coefficient (Wildman–Crippen LogP) is 1.80. The number of nitriles is 1. The quantitative estimate of drug-likeness (QED) is 0.834. The molecule has 0 atom stereocenters. The molecular formula is C14H16N6O. The number of anilines is 2. The van der Waals surface area contributed by atoms with Gasteiger partial charge >= 0.3 is 6.01 Å². The molecule has 0 saturated heterocycles. The lowest BCUT2D eigenvalue weighted by Gasteiger charge is -2.08. The number of ether oxygens (including phenoxy) is 1. The van der Waals surface area contributed by atoms with E-state index in [2.05, 4.69) is 31.7 Å². The van der Waals surface area contributed by atoms with Crippen LogP contribution in [0, 0.1) is 11.3 Å². The van der Waals surface area contributed by atoms with Crippen molar-refractivity contribution in [1.82, 2.24) is 15.0 Å². The van der Waals surface area contributed by atoms with Gasteiger partial charge in [-0.05, 0) is 24.6 Å². The highest BCUT2D eigenvalue weighted by Gasteiger charge is 2.06. The van der Waals surface area contributed by atoms with E-state index in [1.807, 2.05) is 19.1 Å². The molecule has 1 aromatic heterocycles. The second kappa shape index (κ2) is 7.05. The maximum atomic E-state index is 8.76. The molecule has 7 nitrogen and oxygen atoms in total. The van der Waals surface area contributed by atoms with Gasteiger partial charge in [-0.25, -0.2) is 0 Å². The van der Waals surface area contributed by atoms with Crippen LogP contribution >= 0.6 is 0 Å². The molecule has 0 aliphatic rings. The lowest BCUT2D eigenvalue weighted by atomic mass is 10.1. The molecular weight excluding hydrogens is 268 g/mol. The number of nitrogens with zero attached hydrogens (tertiary/aromatic N) is 4. The van der Waals surface area contributed by atoms with E-state index in [1.165, 1.54) is 7.11 Å². The maximum absolute atomic E-state index is 8.76. The van der Waals surface area contributed by atoms with Gasteiger partial charge in [0.05, 0.1) is 18.7 Å². The summed E-state index contributed by atoms with van der Waals surface area (Å²) in [5.41, 5.74) is 1.66. The lowest BCUT2D eigenvalue weighted by molar-refractivity contribution is 0.379. The van der Waals surface area contributed by atoms with Crippen LogP contribution in [0.15, 0.2) is 24.3 Å². The van der Waals surface area contributed by atoms with E-state index in [4.69, 9.17) is 10.00 Å². The summed E-state index contributed by atoms with van der Waals surface area (Å²) in [6, 6.07) is 9.65. The molecule has 7 heteroatoms. The third-order valence-corrected chi connectivity index (χ3v) is 2.67. The highest BCUT2D eigenvalue weighted by atomic mass is 16.5. The van der Waals surface area contributed by atoms with Crippen LogP contribution in [0.3, 0.4) is 0 Å². The fourth-order valence-corrected chi connectivity index (χ4v) is 1.64. The Hall–Kier alpha value is -2.88. The van der Waals surface area contributed by atoms with Crippen molar-refractivity contribution >= 4 is 11.9 Å². The monoisotopic (exact) mass is 284 g/mol. The van der Waals surface area contributed by atoms with E-state index in [-0.39, 0.29) is 6.01 Å². The lowest BCUT2D eigenvalue weighted by Crippen LogP contribution is -2.10. The molecule has 0 radical (unpaired) electrons. The molecule has 108 valence electrons. The predicted molar refractivity (Wildman–Crippen MR) is 79.0 cm³/mol. The fourth-order valence-electron chi connectivity index (χ4n) is 1.64. The first-order valence-electron chi connectivity index (χ1n) is 6.52. The number of nitrogens with one attached hydrogen (secondary N) is 2. The zero-order valence-corrected chi connectivity index (χ0v) is 11.9. The van der Waals surface area contributed by atoms with Gasteiger partial charge in [0.15, 0.2) is 0 Å². The molecule has 1 heterocycles. The Bertz CT molecular complexity index is 635. The second-order valence-electron chi connectivity index (χ2n) is 4.16. The van der Waals surface area contributed by atoms with Crippen LogP contribution in [0.5, 0.6) is 6.01 Å². The minimum atomic E-state index is 0.253. The molecule has 2 rings (SSSR count). The van der Waals surface area contributed by atoms with Gasteiger partial charge in [-0.3, -0.25) is 0 Å². The fraction of sp³-hybridized carbons (Fsp3) is 0.286. The van der Waals surface area contributed by atoms with Crippen molar-refractivity contribution in [3.63, 3.8) is 0 Å². The SMILES string of the molecule is CCNc1nc(NCc2ccc(C#N)cc2)nc(OC)n1. The van der Waals surface area contributed by atoms with Crippen molar-refractivity contribution in [2.24, 2.45) is 0 Å². The van der Waals surface area contributed by atoms with Crippen molar-refractivity contribution in [1.29, 1.82) is 5.26 Å². The van der Waals surface area contributed by atoms with Gasteiger partial charge in [-0.15, -0.1) is 0 Å². The van der Waals surface area contributed by atoms with Crippen LogP contribution in [0.1, 0.15) is 18.1 Å². The Morgan fingerprint density at radius 3 is 2.33 bits per heavy atom. The Kier molecular flexibility index (Phi) is 4.88. The number of methoxy groups -OCH3 is 1. The summed E-state index contributed by atoms with van der Waals surface area (Å²) in [4.78, 5) is 12.5. The zero-order valence-electron chi connectivity index (χ0n) is 11.9. The van der Waals surface area contributed by atoms with E-state index in [0.29, 0.717) is 30.5 Å². The molecule has 0 aliphatic carbocycles. The highest BCUT2D eigenvalue weighted by molar-refractivity contribution is 5.37. The summed E-state index contributed by atoms with van der Waals surface area (Å²) in [5.74, 6) is 0.897. The van der Waals surface area contributed by atoms with E-state index >= 15 is 0 Å². The number of hydrogen-bond donors (Lipinski definition) is 2. The molecule has 0 aliphatic heterocycles. The van der Waals surface area contributed by atoms with Crippen LogP contribution in [-0.4, -0.2) is 28.6 Å². The van der Waals surface area contributed by atoms with Crippen molar-refractivity contribution in [3.05, 3.63) is 35.4 Å². The molecule has 0 amide bonds. The summed E-state index contributed by atoms with van der Waals surface area (Å²) >= 11 is 0. The Balaban J connectivity index is 2.07. The van der Waals surface area contributed by atoms with E-state index in [9.17, 15) is 0 Å². The summed E-state index contributed by atoms with van der Waals surface area (Å²) in [6.45, 7) is 3.22. The molecule has 0 saturated carbocycles. The molecule has 0 bridgehead atoms. The van der Waals surface area contributed by atoms with Crippen molar-refractivity contribution in [2.75, 3.05) is 24.3 Å². The van der Waals surface area contributed by atoms with E-state index < -0.39 is 0 Å². The summed E-state index contributed by atoms with van der Waals surface area (Å²) in [5, 5.41) is 14.9. The van der Waals surface area contributed by atoms with Gasteiger partial charge in [-0.1, -0.05) is 12.1 Å². The van der Waals surface area contributed by atoms with Crippen LogP contribution in [0.2, 0.25) is 0 Å². The number of rotatable bonds is 6. The summed E-state index contributed by atoms with van der Waals surface area (Å²) < 4.78 is 5.05. The highest BCUT2D eigenvalue weighted by Crippen LogP contribution is 2.12. The first-order valence-corrected chi connectivity index (χ1v) is 6.52. The summed E-state index contributed by atoms with van der Waals surface area (Å²) in [7, 11) is 1.51. The van der Waals surface area contributed by atoms with Crippen LogP contribution in [0.25, 0.3) is 0 Å². The normalized spacial score (nSPS) is 9.76. The Labute approximate surface area is 123 Å². The minimum Gasteiger partial charge on any atom is -0.467 e. The third kappa shape index (κ3) is 4.04. The van der Waals surface area contributed by atoms with Crippen LogP contribution < -0.4 is 15.4 Å². The van der Waals surface area contributed by atoms with Gasteiger partial charge in [0.25, 0.3) is 0 Å². The molecule has 21 heavy (non-hydrogen) atoms. The van der Waals surface area contributed by atoms with Crippen molar-refractivity contribution < 1.29 is 4.74 Å². The standard InChI is InChI=1S/C14H16N6O/c1-3-16-12-18-13(20-14(19-12)21-2)17-9-11-6-4-10(8-15)5-7-11/h4-7H,3,9H2,1-2H3,(H2,16,17,18,19,20). The average Bonchev–Trinajstić information content (AvgIpc) is 2.53. The van der Waals surface area contributed by atoms with E-state index in [1.54, 1.807) is 12.1 Å². The van der Waals surface area contributed by atoms with Gasteiger partial charge in [-0.2, -0.15) is 20.2 Å². The van der Waals surface area contributed by atoms with Crippen LogP contribution in [-0.2, 0) is 6.54 Å². The molecule has 2 aromatic rings. The average molecular weight is 284 g/mol. The summed E-state index contributed by atoms with van der Waals surface area (Å²) in [6.07, 6.45) is 0. The minimum absolute atomic E-state index is 0.253. The topological polar surface area (TPSA) is 95.8 Å². The van der Waals surface area contributed by atoms with E-state index in [0.717, 1.165) is 5.56 Å². The molecule has 0 unspecified atom stereocenters. The third-order valence-electron chi connectivity index (χ3n) is 2.67. The number of benzene rings is 1. The van der Waals surface area contributed by atoms with Gasteiger partial charge in [0.1, 0.15) is 0 Å². The first kappa shape index (κ1) is 14.5. The smallest absolute Gasteiger partial charge is 0.322 e. The molecule has 1 aromatic carbocycles. The molecule has 2 N–H and O–H groups in total. The zero-order chi connectivity index (χ0) is 15.1. The first-order chi connectivity index (χ1) is 10.2. The maximum Gasteiger partial charge on any atom is 0.322 e. The second-order valence-corrected chi connectivity index (χ2v) is 4.16. The number of hydrogen-bond acceptors (Lipinski definition) is 7. The van der Waals surface area contributed by atoms with Gasteiger partial charge in [0.2, 0.25) is 11.9 Å². The largest absolute Gasteiger partial charge is 0.467 e. The van der Waals surface area contributed by atoms with Crippen LogP contribution in [0.4, 0.5) is 11.9 Å². The Morgan fingerprint density at radius 2 is 1.76 bits per heavy atom. The van der Waals surface area contributed by atoms with Crippen molar-refractivity contribution in [2.45, 2.75) is 13.5 Å². The van der Waals surface area contributed by atoms with Gasteiger partial charge in [0, 0.05) is 13.1 Å². The number of aromatic nitrogens is 3.